The lowest BCUT2D eigenvalue weighted by atomic mass is 9.70. The first kappa shape index (κ1) is 12.7. The molecule has 0 atom stereocenters. The summed E-state index contributed by atoms with van der Waals surface area (Å²) in [6, 6.07) is 0. The Balaban J connectivity index is 3.46. The second-order valence-corrected chi connectivity index (χ2v) is 4.16. The topological polar surface area (TPSA) is 3.01 Å². The van der Waals surface area contributed by atoms with E-state index in [4.69, 9.17) is 0 Å². The Morgan fingerprint density at radius 2 is 1.88 bits per heavy atom. The van der Waals surface area contributed by atoms with Gasteiger partial charge in [-0.05, 0) is 31.6 Å². The number of nitrogens with zero attached hydrogens (tertiary/aromatic N) is 1. The van der Waals surface area contributed by atoms with E-state index in [1.807, 2.05) is 19.2 Å². The van der Waals surface area contributed by atoms with Gasteiger partial charge in [0.25, 0.3) is 0 Å². The molecular formula is C15H22N+. The van der Waals surface area contributed by atoms with Gasteiger partial charge in [-0.1, -0.05) is 26.5 Å². The van der Waals surface area contributed by atoms with E-state index in [0.29, 0.717) is 0 Å². The molecule has 0 saturated carbocycles. The van der Waals surface area contributed by atoms with Crippen molar-refractivity contribution >= 4 is 6.21 Å². The summed E-state index contributed by atoms with van der Waals surface area (Å²) in [7, 11) is 0. The Labute approximate surface area is 99.2 Å². The van der Waals surface area contributed by atoms with Crippen LogP contribution in [0.5, 0.6) is 0 Å². The van der Waals surface area contributed by atoms with Crippen molar-refractivity contribution in [3.8, 4) is 0 Å². The molecule has 0 fully saturated rings. The van der Waals surface area contributed by atoms with E-state index in [9.17, 15) is 0 Å². The monoisotopic (exact) mass is 216 g/mol. The predicted octanol–water partition coefficient (Wildman–Crippen LogP) is 4.05. The minimum Gasteiger partial charge on any atom is -0.169 e. The molecule has 0 saturated heterocycles. The minimum atomic E-state index is 0.0233. The highest BCUT2D eigenvalue weighted by Crippen LogP contribution is 2.46. The highest BCUT2D eigenvalue weighted by molar-refractivity contribution is 5.52. The lowest BCUT2D eigenvalue weighted by Crippen LogP contribution is -2.33. The van der Waals surface area contributed by atoms with Crippen LogP contribution in [-0.4, -0.2) is 10.8 Å². The standard InChI is InChI=1S/C15H22N/c1-7-14-11-12(5)16(10-4)13(6)15(14,8-2)9-3/h7,10-11H,1,5-6,8-9H2,2-4H3/q+1. The molecule has 0 spiro atoms. The van der Waals surface area contributed by atoms with E-state index in [-0.39, 0.29) is 5.41 Å². The molecule has 86 valence electrons. The molecule has 1 nitrogen and oxygen atoms in total. The fourth-order valence-electron chi connectivity index (χ4n) is 2.60. The highest BCUT2D eigenvalue weighted by Gasteiger charge is 2.43. The Morgan fingerprint density at radius 1 is 1.31 bits per heavy atom. The van der Waals surface area contributed by atoms with Crippen LogP contribution in [0.2, 0.25) is 0 Å². The Hall–Kier alpha value is -1.37. The predicted molar refractivity (Wildman–Crippen MR) is 71.6 cm³/mol. The van der Waals surface area contributed by atoms with Gasteiger partial charge in [0.1, 0.15) is 6.21 Å². The van der Waals surface area contributed by atoms with Gasteiger partial charge in [-0.15, -0.1) is 0 Å². The Bertz CT molecular complexity index is 390. The van der Waals surface area contributed by atoms with Crippen LogP contribution in [0.4, 0.5) is 0 Å². The third kappa shape index (κ3) is 1.60. The fraction of sp³-hybridized carbons (Fsp3) is 0.400. The van der Waals surface area contributed by atoms with Crippen LogP contribution in [0.25, 0.3) is 0 Å². The molecule has 1 heteroatoms. The normalized spacial score (nSPS) is 22.2. The van der Waals surface area contributed by atoms with Gasteiger partial charge in [0.15, 0.2) is 5.70 Å². The smallest absolute Gasteiger partial charge is 0.169 e. The number of hydrogen-bond donors (Lipinski definition) is 0. The van der Waals surface area contributed by atoms with Crippen LogP contribution in [0.1, 0.15) is 33.6 Å². The summed E-state index contributed by atoms with van der Waals surface area (Å²) in [5.74, 6) is 0. The molecule has 0 aromatic rings. The maximum absolute atomic E-state index is 4.26. The van der Waals surface area contributed by atoms with Gasteiger partial charge >= 0.3 is 0 Å². The molecule has 1 rings (SSSR count). The summed E-state index contributed by atoms with van der Waals surface area (Å²) < 4.78 is 2.08. The third-order valence-corrected chi connectivity index (χ3v) is 3.71. The SMILES string of the molecule is C=CC1=CC(=C)[N+](=CC)C(=C)C1(CC)CC. The molecule has 0 aliphatic carbocycles. The summed E-state index contributed by atoms with van der Waals surface area (Å²) in [4.78, 5) is 0. The summed E-state index contributed by atoms with van der Waals surface area (Å²) in [5.41, 5.74) is 3.35. The molecule has 0 aromatic heterocycles. The van der Waals surface area contributed by atoms with Gasteiger partial charge in [-0.2, -0.15) is 4.58 Å². The van der Waals surface area contributed by atoms with E-state index >= 15 is 0 Å². The van der Waals surface area contributed by atoms with Gasteiger partial charge in [-0.25, -0.2) is 0 Å². The van der Waals surface area contributed by atoms with Gasteiger partial charge in [0.2, 0.25) is 5.70 Å². The van der Waals surface area contributed by atoms with E-state index in [0.717, 1.165) is 24.2 Å². The van der Waals surface area contributed by atoms with Crippen molar-refractivity contribution in [2.24, 2.45) is 5.41 Å². The minimum absolute atomic E-state index is 0.0233. The van der Waals surface area contributed by atoms with Crippen molar-refractivity contribution in [3.63, 3.8) is 0 Å². The van der Waals surface area contributed by atoms with Crippen molar-refractivity contribution in [1.29, 1.82) is 0 Å². The lowest BCUT2D eigenvalue weighted by Gasteiger charge is -2.34. The van der Waals surface area contributed by atoms with Crippen LogP contribution in [-0.2, 0) is 0 Å². The molecule has 0 N–H and O–H groups in total. The molecular weight excluding hydrogens is 194 g/mol. The third-order valence-electron chi connectivity index (χ3n) is 3.71. The molecule has 1 aliphatic heterocycles. The molecule has 1 heterocycles. The maximum atomic E-state index is 4.26. The molecule has 0 unspecified atom stereocenters. The van der Waals surface area contributed by atoms with Crippen molar-refractivity contribution in [1.82, 2.24) is 0 Å². The Kier molecular flexibility index (Phi) is 3.69. The summed E-state index contributed by atoms with van der Waals surface area (Å²) >= 11 is 0. The van der Waals surface area contributed by atoms with Crippen molar-refractivity contribution < 1.29 is 4.58 Å². The van der Waals surface area contributed by atoms with Gasteiger partial charge in [0.05, 0.1) is 5.41 Å². The van der Waals surface area contributed by atoms with Crippen LogP contribution < -0.4 is 0 Å². The van der Waals surface area contributed by atoms with Crippen molar-refractivity contribution in [2.75, 3.05) is 0 Å². The average Bonchev–Trinajstić information content (AvgIpc) is 2.30. The van der Waals surface area contributed by atoms with E-state index in [2.05, 4.69) is 44.2 Å². The fourth-order valence-corrected chi connectivity index (χ4v) is 2.60. The summed E-state index contributed by atoms with van der Waals surface area (Å²) in [6.45, 7) is 18.6. The van der Waals surface area contributed by atoms with E-state index in [1.165, 1.54) is 5.57 Å². The first-order valence-electron chi connectivity index (χ1n) is 5.89. The summed E-state index contributed by atoms with van der Waals surface area (Å²) in [5, 5.41) is 0. The molecule has 0 aromatic carbocycles. The zero-order valence-electron chi connectivity index (χ0n) is 10.7. The number of hydrogen-bond acceptors (Lipinski definition) is 0. The van der Waals surface area contributed by atoms with Crippen LogP contribution in [0, 0.1) is 5.41 Å². The van der Waals surface area contributed by atoms with Crippen LogP contribution in [0.3, 0.4) is 0 Å². The van der Waals surface area contributed by atoms with Gasteiger partial charge < -0.3 is 0 Å². The van der Waals surface area contributed by atoms with Gasteiger partial charge in [0, 0.05) is 13.0 Å². The van der Waals surface area contributed by atoms with Gasteiger partial charge in [-0.3, -0.25) is 0 Å². The molecule has 0 amide bonds. The lowest BCUT2D eigenvalue weighted by molar-refractivity contribution is -0.430. The quantitative estimate of drug-likeness (QED) is 0.626. The number of rotatable bonds is 3. The second-order valence-electron chi connectivity index (χ2n) is 4.16. The van der Waals surface area contributed by atoms with Crippen LogP contribution >= 0.6 is 0 Å². The zero-order valence-corrected chi connectivity index (χ0v) is 10.7. The maximum Gasteiger partial charge on any atom is 0.203 e. The number of allylic oxidation sites excluding steroid dienone is 3. The van der Waals surface area contributed by atoms with Crippen LogP contribution in [0.15, 0.2) is 48.9 Å². The van der Waals surface area contributed by atoms with Crippen molar-refractivity contribution in [3.05, 3.63) is 48.9 Å². The van der Waals surface area contributed by atoms with E-state index < -0.39 is 0 Å². The first-order chi connectivity index (χ1) is 7.57. The molecule has 16 heavy (non-hydrogen) atoms. The second kappa shape index (κ2) is 4.65. The van der Waals surface area contributed by atoms with Crippen molar-refractivity contribution in [2.45, 2.75) is 33.6 Å². The average molecular weight is 216 g/mol. The Morgan fingerprint density at radius 3 is 2.25 bits per heavy atom. The first-order valence-corrected chi connectivity index (χ1v) is 5.89. The largest absolute Gasteiger partial charge is 0.203 e. The highest BCUT2D eigenvalue weighted by atomic mass is 15.0. The molecule has 1 aliphatic rings. The zero-order chi connectivity index (χ0) is 12.3. The van der Waals surface area contributed by atoms with E-state index in [1.54, 1.807) is 0 Å². The molecule has 0 bridgehead atoms. The molecule has 0 radical (unpaired) electrons. The summed E-state index contributed by atoms with van der Waals surface area (Å²) in [6.07, 6.45) is 8.17.